The number of esters is 1. The van der Waals surface area contributed by atoms with Crippen LogP contribution in [0.25, 0.3) is 0 Å². The van der Waals surface area contributed by atoms with Gasteiger partial charge >= 0.3 is 12.1 Å². The molecule has 1 atom stereocenters. The van der Waals surface area contributed by atoms with Crippen molar-refractivity contribution in [3.8, 4) is 0 Å². The minimum atomic E-state index is -5.35. The summed E-state index contributed by atoms with van der Waals surface area (Å²) < 4.78 is 68.6. The van der Waals surface area contributed by atoms with Crippen LogP contribution in [0.1, 0.15) is 25.8 Å². The highest BCUT2D eigenvalue weighted by Crippen LogP contribution is 2.43. The van der Waals surface area contributed by atoms with Gasteiger partial charge in [-0.25, -0.2) is 13.2 Å². The standard InChI is InChI=1S/C15H20F3NO4S/c1-10(2)9-14(13(20)23-4,15(16,17)18)24(21,22)19-12-7-5-11(3)6-8-12/h5-8,10,19H,9H2,1-4H3. The second kappa shape index (κ2) is 7.00. The number of carbonyl (C=O) groups excluding carboxylic acids is 1. The molecule has 0 amide bonds. The number of ether oxygens (including phenoxy) is 1. The van der Waals surface area contributed by atoms with E-state index in [2.05, 4.69) is 4.74 Å². The number of benzene rings is 1. The normalized spacial score (nSPS) is 15.0. The number of methoxy groups -OCH3 is 1. The second-order valence-corrected chi connectivity index (χ2v) is 7.79. The predicted molar refractivity (Wildman–Crippen MR) is 84.0 cm³/mol. The summed E-state index contributed by atoms with van der Waals surface area (Å²) >= 11 is 0. The van der Waals surface area contributed by atoms with E-state index in [0.717, 1.165) is 12.7 Å². The number of aryl methyl sites for hydroxylation is 1. The van der Waals surface area contributed by atoms with Gasteiger partial charge in [-0.3, -0.25) is 4.72 Å². The third-order valence-corrected chi connectivity index (χ3v) is 5.42. The average Bonchev–Trinajstić information content (AvgIpc) is 2.44. The number of halogens is 3. The molecular weight excluding hydrogens is 347 g/mol. The lowest BCUT2D eigenvalue weighted by Crippen LogP contribution is -2.60. The summed E-state index contributed by atoms with van der Waals surface area (Å²) in [5, 5.41) is 0. The summed E-state index contributed by atoms with van der Waals surface area (Å²) in [7, 11) is -4.44. The van der Waals surface area contributed by atoms with Crippen LogP contribution < -0.4 is 4.72 Å². The van der Waals surface area contributed by atoms with Gasteiger partial charge in [0, 0.05) is 5.69 Å². The van der Waals surface area contributed by atoms with E-state index >= 15 is 0 Å². The number of alkyl halides is 3. The number of hydrogen-bond donors (Lipinski definition) is 1. The first-order valence-corrected chi connectivity index (χ1v) is 8.60. The topological polar surface area (TPSA) is 72.5 Å². The molecule has 0 bridgehead atoms. The smallest absolute Gasteiger partial charge is 0.420 e. The fraction of sp³-hybridized carbons (Fsp3) is 0.533. The van der Waals surface area contributed by atoms with Gasteiger partial charge in [0.25, 0.3) is 14.8 Å². The van der Waals surface area contributed by atoms with Crippen molar-refractivity contribution in [3.63, 3.8) is 0 Å². The lowest BCUT2D eigenvalue weighted by atomic mass is 9.95. The molecule has 1 aromatic rings. The van der Waals surface area contributed by atoms with Crippen LogP contribution in [0.2, 0.25) is 0 Å². The van der Waals surface area contributed by atoms with E-state index in [-0.39, 0.29) is 5.69 Å². The zero-order chi connectivity index (χ0) is 18.8. The molecule has 1 unspecified atom stereocenters. The summed E-state index contributed by atoms with van der Waals surface area (Å²) in [6.07, 6.45) is -6.30. The van der Waals surface area contributed by atoms with Crippen LogP contribution in [0.5, 0.6) is 0 Å². The Kier molecular flexibility index (Phi) is 5.91. The molecule has 1 N–H and O–H groups in total. The minimum absolute atomic E-state index is 0.0677. The Morgan fingerprint density at radius 1 is 1.21 bits per heavy atom. The van der Waals surface area contributed by atoms with Gasteiger partial charge in [0.05, 0.1) is 7.11 Å². The van der Waals surface area contributed by atoms with Crippen LogP contribution in [0.3, 0.4) is 0 Å². The summed E-state index contributed by atoms with van der Waals surface area (Å²) in [5.41, 5.74) is 0.733. The summed E-state index contributed by atoms with van der Waals surface area (Å²) in [4.78, 5) is 11.9. The summed E-state index contributed by atoms with van der Waals surface area (Å²) in [5.74, 6) is -2.58. The SMILES string of the molecule is COC(=O)C(CC(C)C)(C(F)(F)F)S(=O)(=O)Nc1ccc(C)cc1. The number of hydrogen-bond acceptors (Lipinski definition) is 4. The molecule has 0 radical (unpaired) electrons. The maximum absolute atomic E-state index is 13.7. The molecule has 0 aliphatic heterocycles. The molecule has 5 nitrogen and oxygen atoms in total. The van der Waals surface area contributed by atoms with Crippen molar-refractivity contribution in [1.82, 2.24) is 0 Å². The monoisotopic (exact) mass is 367 g/mol. The molecule has 0 aromatic heterocycles. The molecule has 1 aromatic carbocycles. The van der Waals surface area contributed by atoms with E-state index in [1.807, 2.05) is 4.72 Å². The Hall–Kier alpha value is -1.77. The van der Waals surface area contributed by atoms with Gasteiger partial charge in [-0.15, -0.1) is 0 Å². The Morgan fingerprint density at radius 3 is 2.08 bits per heavy atom. The lowest BCUT2D eigenvalue weighted by molar-refractivity contribution is -0.189. The maximum atomic E-state index is 13.7. The Bertz CT molecular complexity index is 684. The Balaban J connectivity index is 3.50. The maximum Gasteiger partial charge on any atom is 0.420 e. The molecule has 0 saturated carbocycles. The number of rotatable bonds is 6. The molecular formula is C15H20F3NO4S. The third-order valence-electron chi connectivity index (χ3n) is 3.43. The van der Waals surface area contributed by atoms with E-state index in [9.17, 15) is 26.4 Å². The summed E-state index contributed by atoms with van der Waals surface area (Å²) in [6.45, 7) is 4.53. The zero-order valence-corrected chi connectivity index (χ0v) is 14.6. The van der Waals surface area contributed by atoms with Gasteiger partial charge in [0.1, 0.15) is 0 Å². The van der Waals surface area contributed by atoms with Crippen molar-refractivity contribution in [1.29, 1.82) is 0 Å². The van der Waals surface area contributed by atoms with Crippen LogP contribution in [0.4, 0.5) is 18.9 Å². The fourth-order valence-electron chi connectivity index (χ4n) is 2.29. The van der Waals surface area contributed by atoms with Gasteiger partial charge < -0.3 is 4.74 Å². The van der Waals surface area contributed by atoms with Crippen molar-refractivity contribution in [3.05, 3.63) is 29.8 Å². The Labute approximate surface area is 139 Å². The average molecular weight is 367 g/mol. The lowest BCUT2D eigenvalue weighted by Gasteiger charge is -2.33. The highest BCUT2D eigenvalue weighted by Gasteiger charge is 2.70. The minimum Gasteiger partial charge on any atom is -0.468 e. The number of anilines is 1. The van der Waals surface area contributed by atoms with E-state index in [1.54, 1.807) is 6.92 Å². The largest absolute Gasteiger partial charge is 0.468 e. The van der Waals surface area contributed by atoms with Gasteiger partial charge in [-0.1, -0.05) is 31.5 Å². The number of nitrogens with one attached hydrogen (secondary N) is 1. The van der Waals surface area contributed by atoms with E-state index in [0.29, 0.717) is 0 Å². The molecule has 136 valence electrons. The summed E-state index contributed by atoms with van der Waals surface area (Å²) in [6, 6.07) is 5.71. The molecule has 0 aliphatic carbocycles. The molecule has 0 heterocycles. The van der Waals surface area contributed by atoms with Crippen molar-refractivity contribution >= 4 is 21.7 Å². The zero-order valence-electron chi connectivity index (χ0n) is 13.8. The Morgan fingerprint density at radius 2 is 1.71 bits per heavy atom. The van der Waals surface area contributed by atoms with Crippen molar-refractivity contribution < 1.29 is 31.1 Å². The highest BCUT2D eigenvalue weighted by molar-refractivity contribution is 7.95. The first-order chi connectivity index (χ1) is 10.9. The molecule has 0 aliphatic rings. The number of sulfonamides is 1. The molecule has 0 spiro atoms. The fourth-order valence-corrected chi connectivity index (χ4v) is 4.07. The van der Waals surface area contributed by atoms with Gasteiger partial charge in [-0.05, 0) is 31.4 Å². The number of carbonyl (C=O) groups is 1. The third kappa shape index (κ3) is 3.82. The quantitative estimate of drug-likeness (QED) is 0.784. The van der Waals surface area contributed by atoms with Crippen LogP contribution >= 0.6 is 0 Å². The van der Waals surface area contributed by atoms with Crippen molar-refractivity contribution in [2.75, 3.05) is 11.8 Å². The molecule has 0 fully saturated rings. The van der Waals surface area contributed by atoms with Crippen molar-refractivity contribution in [2.45, 2.75) is 38.1 Å². The molecule has 9 heteroatoms. The van der Waals surface area contributed by atoms with E-state index in [1.165, 1.54) is 38.1 Å². The van der Waals surface area contributed by atoms with Crippen molar-refractivity contribution in [2.24, 2.45) is 5.92 Å². The second-order valence-electron chi connectivity index (χ2n) is 5.89. The molecule has 24 heavy (non-hydrogen) atoms. The first kappa shape index (κ1) is 20.3. The van der Waals surface area contributed by atoms with Gasteiger partial charge in [-0.2, -0.15) is 13.2 Å². The highest BCUT2D eigenvalue weighted by atomic mass is 32.2. The van der Waals surface area contributed by atoms with Crippen LogP contribution in [-0.2, 0) is 19.6 Å². The predicted octanol–water partition coefficient (Wildman–Crippen LogP) is 3.26. The van der Waals surface area contributed by atoms with Gasteiger partial charge in [0.15, 0.2) is 0 Å². The molecule has 1 rings (SSSR count). The van der Waals surface area contributed by atoms with Gasteiger partial charge in [0.2, 0.25) is 0 Å². The first-order valence-electron chi connectivity index (χ1n) is 7.11. The van der Waals surface area contributed by atoms with E-state index < -0.39 is 39.3 Å². The van der Waals surface area contributed by atoms with Crippen LogP contribution in [-0.4, -0.2) is 32.4 Å². The van der Waals surface area contributed by atoms with Crippen LogP contribution in [0, 0.1) is 12.8 Å². The van der Waals surface area contributed by atoms with Crippen LogP contribution in [0.15, 0.2) is 24.3 Å². The van der Waals surface area contributed by atoms with E-state index in [4.69, 9.17) is 0 Å². The molecule has 0 saturated heterocycles.